The van der Waals surface area contributed by atoms with E-state index < -0.39 is 0 Å². The summed E-state index contributed by atoms with van der Waals surface area (Å²) in [5.41, 5.74) is 3.73. The SMILES string of the molecule is Cc1cccc(CN2CCC3(CC2)C[C@@H](c2ccccc2)C(=O)N(C2CC2)C3)n1. The summed E-state index contributed by atoms with van der Waals surface area (Å²) in [4.78, 5) is 22.8. The summed E-state index contributed by atoms with van der Waals surface area (Å²) < 4.78 is 0. The zero-order valence-electron chi connectivity index (χ0n) is 17.4. The predicted molar refractivity (Wildman–Crippen MR) is 114 cm³/mol. The second-order valence-corrected chi connectivity index (χ2v) is 9.41. The molecule has 1 aliphatic carbocycles. The molecule has 4 heteroatoms. The molecule has 2 aliphatic heterocycles. The van der Waals surface area contributed by atoms with Gasteiger partial charge >= 0.3 is 0 Å². The summed E-state index contributed by atoms with van der Waals surface area (Å²) in [6.45, 7) is 6.17. The molecule has 1 aromatic carbocycles. The Morgan fingerprint density at radius 2 is 1.79 bits per heavy atom. The third-order valence-corrected chi connectivity index (χ3v) is 7.16. The number of aromatic nitrogens is 1. The lowest BCUT2D eigenvalue weighted by atomic mass is 9.67. The van der Waals surface area contributed by atoms with Crippen LogP contribution >= 0.6 is 0 Å². The minimum absolute atomic E-state index is 0.0375. The normalized spacial score (nSPS) is 24.8. The third-order valence-electron chi connectivity index (χ3n) is 7.16. The fourth-order valence-electron chi connectivity index (χ4n) is 5.33. The quantitative estimate of drug-likeness (QED) is 0.788. The van der Waals surface area contributed by atoms with Crippen LogP contribution in [0, 0.1) is 12.3 Å². The van der Waals surface area contributed by atoms with Gasteiger partial charge < -0.3 is 4.90 Å². The first-order valence-corrected chi connectivity index (χ1v) is 11.1. The van der Waals surface area contributed by atoms with E-state index >= 15 is 0 Å². The van der Waals surface area contributed by atoms with Gasteiger partial charge in [-0.25, -0.2) is 0 Å². The molecule has 3 heterocycles. The maximum absolute atomic E-state index is 13.3. The molecule has 152 valence electrons. The van der Waals surface area contributed by atoms with E-state index in [0.717, 1.165) is 38.3 Å². The van der Waals surface area contributed by atoms with Crippen molar-refractivity contribution in [3.63, 3.8) is 0 Å². The lowest BCUT2D eigenvalue weighted by Crippen LogP contribution is -2.54. The van der Waals surface area contributed by atoms with Crippen molar-refractivity contribution in [1.29, 1.82) is 0 Å². The van der Waals surface area contributed by atoms with Crippen LogP contribution < -0.4 is 0 Å². The van der Waals surface area contributed by atoms with Gasteiger partial charge in [-0.05, 0) is 75.2 Å². The predicted octanol–water partition coefficient (Wildman–Crippen LogP) is 4.15. The third kappa shape index (κ3) is 3.95. The minimum atomic E-state index is 0.0375. The average Bonchev–Trinajstić information content (AvgIpc) is 3.58. The number of pyridine rings is 1. The first kappa shape index (κ1) is 18.8. The van der Waals surface area contributed by atoms with Crippen molar-refractivity contribution in [2.45, 2.75) is 57.5 Å². The van der Waals surface area contributed by atoms with E-state index in [0.29, 0.717) is 11.9 Å². The topological polar surface area (TPSA) is 36.4 Å². The maximum Gasteiger partial charge on any atom is 0.230 e. The molecule has 1 atom stereocenters. The smallest absolute Gasteiger partial charge is 0.230 e. The zero-order chi connectivity index (χ0) is 19.8. The molecule has 0 bridgehead atoms. The van der Waals surface area contributed by atoms with Crippen molar-refractivity contribution < 1.29 is 4.79 Å². The van der Waals surface area contributed by atoms with E-state index in [9.17, 15) is 4.79 Å². The van der Waals surface area contributed by atoms with Crippen LogP contribution in [0.2, 0.25) is 0 Å². The Kier molecular flexibility index (Phi) is 4.91. The largest absolute Gasteiger partial charge is 0.339 e. The molecule has 0 N–H and O–H groups in total. The van der Waals surface area contributed by atoms with Crippen LogP contribution in [0.3, 0.4) is 0 Å². The van der Waals surface area contributed by atoms with Gasteiger partial charge in [0, 0.05) is 24.8 Å². The van der Waals surface area contributed by atoms with Crippen molar-refractivity contribution in [1.82, 2.24) is 14.8 Å². The molecule has 0 radical (unpaired) electrons. The average molecular weight is 390 g/mol. The molecular formula is C25H31N3O. The number of likely N-dealkylation sites (tertiary alicyclic amines) is 2. The Hall–Kier alpha value is -2.20. The number of nitrogens with zero attached hydrogens (tertiary/aromatic N) is 3. The van der Waals surface area contributed by atoms with E-state index in [-0.39, 0.29) is 11.3 Å². The van der Waals surface area contributed by atoms with E-state index in [4.69, 9.17) is 0 Å². The first-order valence-electron chi connectivity index (χ1n) is 11.1. The van der Waals surface area contributed by atoms with E-state index in [1.54, 1.807) is 0 Å². The second kappa shape index (κ2) is 7.56. The molecule has 4 nitrogen and oxygen atoms in total. The van der Waals surface area contributed by atoms with Crippen LogP contribution in [0.4, 0.5) is 0 Å². The fraction of sp³-hybridized carbons (Fsp3) is 0.520. The molecule has 5 rings (SSSR count). The number of amides is 1. The van der Waals surface area contributed by atoms with Gasteiger partial charge in [0.25, 0.3) is 0 Å². The summed E-state index contributed by atoms with van der Waals surface area (Å²) >= 11 is 0. The zero-order valence-corrected chi connectivity index (χ0v) is 17.4. The summed E-state index contributed by atoms with van der Waals surface area (Å²) in [6, 6.07) is 17.3. The van der Waals surface area contributed by atoms with Crippen molar-refractivity contribution in [2.75, 3.05) is 19.6 Å². The molecule has 3 fully saturated rings. The molecule has 1 spiro atoms. The number of aryl methyl sites for hydroxylation is 1. The van der Waals surface area contributed by atoms with Crippen LogP contribution in [0.25, 0.3) is 0 Å². The van der Waals surface area contributed by atoms with E-state index in [1.165, 1.54) is 36.9 Å². The number of hydrogen-bond acceptors (Lipinski definition) is 3. The van der Waals surface area contributed by atoms with Crippen molar-refractivity contribution >= 4 is 5.91 Å². The number of rotatable bonds is 4. The Labute approximate surface area is 173 Å². The molecule has 1 aromatic heterocycles. The van der Waals surface area contributed by atoms with Gasteiger partial charge in [-0.15, -0.1) is 0 Å². The Morgan fingerprint density at radius 3 is 2.48 bits per heavy atom. The molecule has 1 saturated carbocycles. The number of piperidine rings is 2. The second-order valence-electron chi connectivity index (χ2n) is 9.41. The lowest BCUT2D eigenvalue weighted by molar-refractivity contribution is -0.142. The van der Waals surface area contributed by atoms with Crippen LogP contribution in [0.5, 0.6) is 0 Å². The van der Waals surface area contributed by atoms with E-state index in [1.807, 2.05) is 6.07 Å². The standard InChI is InChI=1S/C25H31N3O/c1-19-6-5-9-21(26-19)17-27-14-12-25(13-15-27)16-23(20-7-3-2-4-8-20)24(29)28(18-25)22-10-11-22/h2-9,22-23H,10-18H2,1H3/t23-/m0/s1. The van der Waals surface area contributed by atoms with Gasteiger partial charge in [-0.3, -0.25) is 14.7 Å². The molecule has 2 aromatic rings. The Balaban J connectivity index is 1.31. The molecule has 3 aliphatic rings. The highest BCUT2D eigenvalue weighted by atomic mass is 16.2. The van der Waals surface area contributed by atoms with Crippen LogP contribution in [0.15, 0.2) is 48.5 Å². The molecule has 1 amide bonds. The molecular weight excluding hydrogens is 358 g/mol. The molecule has 29 heavy (non-hydrogen) atoms. The highest BCUT2D eigenvalue weighted by Gasteiger charge is 2.49. The van der Waals surface area contributed by atoms with Gasteiger partial charge in [0.05, 0.1) is 11.6 Å². The summed E-state index contributed by atoms with van der Waals surface area (Å²) in [5.74, 6) is 0.409. The molecule has 0 unspecified atom stereocenters. The van der Waals surface area contributed by atoms with Gasteiger partial charge in [-0.1, -0.05) is 36.4 Å². The van der Waals surface area contributed by atoms with Gasteiger partial charge in [0.1, 0.15) is 0 Å². The number of benzene rings is 1. The number of carbonyl (C=O) groups excluding carboxylic acids is 1. The van der Waals surface area contributed by atoms with Crippen molar-refractivity contribution in [3.8, 4) is 0 Å². The highest BCUT2D eigenvalue weighted by molar-refractivity contribution is 5.85. The van der Waals surface area contributed by atoms with Crippen LogP contribution in [-0.4, -0.2) is 46.4 Å². The van der Waals surface area contributed by atoms with E-state index in [2.05, 4.69) is 64.2 Å². The molecule has 2 saturated heterocycles. The van der Waals surface area contributed by atoms with Crippen molar-refractivity contribution in [3.05, 3.63) is 65.5 Å². The lowest BCUT2D eigenvalue weighted by Gasteiger charge is -2.50. The van der Waals surface area contributed by atoms with Gasteiger partial charge in [-0.2, -0.15) is 0 Å². The summed E-state index contributed by atoms with van der Waals surface area (Å²) in [6.07, 6.45) is 5.75. The number of hydrogen-bond donors (Lipinski definition) is 0. The van der Waals surface area contributed by atoms with Crippen LogP contribution in [-0.2, 0) is 11.3 Å². The first-order chi connectivity index (χ1) is 14.1. The minimum Gasteiger partial charge on any atom is -0.339 e. The highest BCUT2D eigenvalue weighted by Crippen LogP contribution is 2.48. The monoisotopic (exact) mass is 389 g/mol. The fourth-order valence-corrected chi connectivity index (χ4v) is 5.33. The van der Waals surface area contributed by atoms with Gasteiger partial charge in [0.2, 0.25) is 5.91 Å². The Bertz CT molecular complexity index is 869. The maximum atomic E-state index is 13.3. The van der Waals surface area contributed by atoms with Crippen molar-refractivity contribution in [2.24, 2.45) is 5.41 Å². The summed E-state index contributed by atoms with van der Waals surface area (Å²) in [7, 11) is 0. The van der Waals surface area contributed by atoms with Gasteiger partial charge in [0.15, 0.2) is 0 Å². The summed E-state index contributed by atoms with van der Waals surface area (Å²) in [5, 5.41) is 0. The number of carbonyl (C=O) groups is 1. The van der Waals surface area contributed by atoms with Crippen LogP contribution in [0.1, 0.15) is 55.0 Å². The Morgan fingerprint density at radius 1 is 1.03 bits per heavy atom.